The van der Waals surface area contributed by atoms with E-state index in [4.69, 9.17) is 9.05 Å². The molecule has 0 aliphatic carbocycles. The lowest BCUT2D eigenvalue weighted by atomic mass is 10.0. The largest absolute Gasteiger partial charge is 0.472 e. The van der Waals surface area contributed by atoms with Crippen LogP contribution in [0.4, 0.5) is 0 Å². The number of aliphatic hydroxyl groups is 1. The third-order valence-electron chi connectivity index (χ3n) is 10.9. The molecule has 9 heteroatoms. The number of phosphoric acid groups is 1. The molecule has 8 nitrogen and oxygen atoms in total. The maximum Gasteiger partial charge on any atom is 0.472 e. The molecule has 3 unspecified atom stereocenters. The van der Waals surface area contributed by atoms with Crippen molar-refractivity contribution in [3.8, 4) is 0 Å². The number of nitrogens with zero attached hydrogens (tertiary/aromatic N) is 1. The Balaban J connectivity index is 4.15. The molecule has 0 saturated carbocycles. The van der Waals surface area contributed by atoms with Gasteiger partial charge in [-0.25, -0.2) is 4.57 Å². The van der Waals surface area contributed by atoms with E-state index in [1.807, 2.05) is 27.2 Å². The third kappa shape index (κ3) is 42.9. The Morgan fingerprint density at radius 1 is 0.579 bits per heavy atom. The zero-order valence-electron chi connectivity index (χ0n) is 38.3. The highest BCUT2D eigenvalue weighted by Crippen LogP contribution is 2.43. The van der Waals surface area contributed by atoms with Crippen molar-refractivity contribution in [2.75, 3.05) is 40.9 Å². The molecule has 0 saturated heterocycles. The summed E-state index contributed by atoms with van der Waals surface area (Å²) < 4.78 is 23.5. The smallest absolute Gasteiger partial charge is 0.387 e. The van der Waals surface area contributed by atoms with Crippen molar-refractivity contribution in [2.24, 2.45) is 0 Å². The van der Waals surface area contributed by atoms with Crippen molar-refractivity contribution in [1.29, 1.82) is 0 Å². The first-order valence-corrected chi connectivity index (χ1v) is 25.7. The summed E-state index contributed by atoms with van der Waals surface area (Å²) in [5, 5.41) is 13.8. The van der Waals surface area contributed by atoms with Gasteiger partial charge in [-0.05, 0) is 32.1 Å². The molecule has 0 aromatic rings. The van der Waals surface area contributed by atoms with Crippen LogP contribution in [0.15, 0.2) is 24.3 Å². The first kappa shape index (κ1) is 56.0. The van der Waals surface area contributed by atoms with Gasteiger partial charge in [0.25, 0.3) is 0 Å². The average Bonchev–Trinajstić information content (AvgIpc) is 3.16. The van der Waals surface area contributed by atoms with Gasteiger partial charge >= 0.3 is 7.82 Å². The summed E-state index contributed by atoms with van der Waals surface area (Å²) in [5.41, 5.74) is 0. The zero-order valence-corrected chi connectivity index (χ0v) is 39.2. The van der Waals surface area contributed by atoms with Gasteiger partial charge in [-0.15, -0.1) is 0 Å². The van der Waals surface area contributed by atoms with Crippen molar-refractivity contribution >= 4 is 13.7 Å². The summed E-state index contributed by atoms with van der Waals surface area (Å²) in [6.45, 7) is 4.77. The maximum absolute atomic E-state index is 12.8. The number of hydrogen-bond acceptors (Lipinski definition) is 5. The molecule has 57 heavy (non-hydrogen) atoms. The van der Waals surface area contributed by atoms with E-state index in [1.165, 1.54) is 167 Å². The molecule has 1 amide bonds. The Kier molecular flexibility index (Phi) is 39.7. The molecule has 0 aliphatic rings. The fraction of sp³-hybridized carbons (Fsp3) is 0.896. The van der Waals surface area contributed by atoms with Gasteiger partial charge in [0.1, 0.15) is 13.2 Å². The lowest BCUT2D eigenvalue weighted by Crippen LogP contribution is -2.45. The summed E-state index contributed by atoms with van der Waals surface area (Å²) in [7, 11) is 1.56. The highest BCUT2D eigenvalue weighted by molar-refractivity contribution is 7.47. The molecular formula is C48H96N2O6P+. The Hall–Kier alpha value is -1.02. The van der Waals surface area contributed by atoms with Crippen molar-refractivity contribution in [3.05, 3.63) is 24.3 Å². The highest BCUT2D eigenvalue weighted by atomic mass is 31.2. The van der Waals surface area contributed by atoms with E-state index in [0.717, 1.165) is 38.5 Å². The van der Waals surface area contributed by atoms with E-state index < -0.39 is 20.0 Å². The molecule has 0 aromatic carbocycles. The molecule has 0 rings (SSSR count). The number of carbonyl (C=O) groups is 1. The number of amides is 1. The molecule has 3 N–H and O–H groups in total. The summed E-state index contributed by atoms with van der Waals surface area (Å²) >= 11 is 0. The van der Waals surface area contributed by atoms with Gasteiger partial charge in [-0.3, -0.25) is 13.8 Å². The normalized spacial score (nSPS) is 14.4. The summed E-state index contributed by atoms with van der Waals surface area (Å²) in [4.78, 5) is 23.0. The van der Waals surface area contributed by atoms with Crippen LogP contribution in [0.2, 0.25) is 0 Å². The first-order chi connectivity index (χ1) is 27.5. The predicted octanol–water partition coefficient (Wildman–Crippen LogP) is 13.7. The van der Waals surface area contributed by atoms with Gasteiger partial charge in [0.2, 0.25) is 5.91 Å². The number of quaternary nitrogens is 1. The van der Waals surface area contributed by atoms with Crippen LogP contribution >= 0.6 is 7.82 Å². The van der Waals surface area contributed by atoms with Gasteiger partial charge in [-0.2, -0.15) is 0 Å². The number of allylic oxidation sites excluding steroid dienone is 3. The molecule has 0 radical (unpaired) electrons. The van der Waals surface area contributed by atoms with E-state index >= 15 is 0 Å². The molecule has 0 heterocycles. The van der Waals surface area contributed by atoms with Gasteiger partial charge in [0.15, 0.2) is 0 Å². The predicted molar refractivity (Wildman–Crippen MR) is 245 cm³/mol. The number of hydrogen-bond donors (Lipinski definition) is 3. The molecule has 338 valence electrons. The monoisotopic (exact) mass is 828 g/mol. The number of phosphoric ester groups is 1. The van der Waals surface area contributed by atoms with Crippen LogP contribution < -0.4 is 5.32 Å². The number of nitrogens with one attached hydrogen (secondary N) is 1. The topological polar surface area (TPSA) is 105 Å². The minimum absolute atomic E-state index is 0.0579. The van der Waals surface area contributed by atoms with Crippen LogP contribution in [0.25, 0.3) is 0 Å². The lowest BCUT2D eigenvalue weighted by molar-refractivity contribution is -0.870. The summed E-state index contributed by atoms with van der Waals surface area (Å²) in [6, 6.07) is -0.857. The van der Waals surface area contributed by atoms with Gasteiger partial charge < -0.3 is 19.8 Å². The molecular weight excluding hydrogens is 732 g/mol. The Morgan fingerprint density at radius 2 is 0.965 bits per heavy atom. The second kappa shape index (κ2) is 40.4. The van der Waals surface area contributed by atoms with Crippen LogP contribution in [0.3, 0.4) is 0 Å². The third-order valence-corrected chi connectivity index (χ3v) is 11.9. The summed E-state index contributed by atoms with van der Waals surface area (Å²) in [6.07, 6.45) is 48.6. The molecule has 0 fully saturated rings. The second-order valence-electron chi connectivity index (χ2n) is 17.8. The zero-order chi connectivity index (χ0) is 42.1. The number of likely N-dealkylation sites (N-methyl/N-ethyl adjacent to an activating group) is 1. The Labute approximate surface area is 354 Å². The second-order valence-corrected chi connectivity index (χ2v) is 19.3. The Bertz CT molecular complexity index is 984. The first-order valence-electron chi connectivity index (χ1n) is 24.2. The molecule has 0 bridgehead atoms. The van der Waals surface area contributed by atoms with E-state index in [0.29, 0.717) is 17.4 Å². The number of rotatable bonds is 44. The van der Waals surface area contributed by atoms with Crippen LogP contribution in [-0.4, -0.2) is 73.4 Å². The minimum atomic E-state index is -4.34. The summed E-state index contributed by atoms with van der Waals surface area (Å²) in [5.74, 6) is -0.191. The van der Waals surface area contributed by atoms with Gasteiger partial charge in [-0.1, -0.05) is 212 Å². The standard InChI is InChI=1S/C48H95N2O6P/c1-6-8-10-12-14-16-17-18-19-20-21-22-23-24-25-26-27-28-29-30-31-32-33-34-35-37-39-41-47(51)46(45-56-57(53,54)55-44-43-50(3,4)5)49-48(52)42-40-38-36-15-13-11-9-7-2/h33-34,39,41,46-47,51H,6-32,35-38,40,42-45H2,1-5H3,(H-,49,52,53,54)/p+1/b34-33+,41-39+. The number of unbranched alkanes of at least 4 members (excludes halogenated alkanes) is 29. The van der Waals surface area contributed by atoms with Gasteiger partial charge in [0, 0.05) is 6.42 Å². The number of aliphatic hydroxyl groups excluding tert-OH is 1. The SMILES string of the molecule is CCCCCCCCCCCCCCCCCCCCCCC/C=C/CC/C=C/C(O)C(COP(=O)(O)OCC[N+](C)(C)C)NC(=O)CCCCCCCCCC. The van der Waals surface area contributed by atoms with Crippen molar-refractivity contribution in [3.63, 3.8) is 0 Å². The van der Waals surface area contributed by atoms with Crippen LogP contribution in [0, 0.1) is 0 Å². The minimum Gasteiger partial charge on any atom is -0.387 e. The van der Waals surface area contributed by atoms with Crippen LogP contribution in [0.1, 0.15) is 226 Å². The molecule has 0 aromatic heterocycles. The van der Waals surface area contributed by atoms with E-state index in [1.54, 1.807) is 6.08 Å². The average molecular weight is 828 g/mol. The fourth-order valence-corrected chi connectivity index (χ4v) is 7.79. The van der Waals surface area contributed by atoms with Crippen molar-refractivity contribution < 1.29 is 32.9 Å². The van der Waals surface area contributed by atoms with E-state index in [9.17, 15) is 19.4 Å². The van der Waals surface area contributed by atoms with Crippen molar-refractivity contribution in [2.45, 2.75) is 238 Å². The quantitative estimate of drug-likeness (QED) is 0.0244. The fourth-order valence-electron chi connectivity index (χ4n) is 7.06. The van der Waals surface area contributed by atoms with Crippen molar-refractivity contribution in [1.82, 2.24) is 5.32 Å². The van der Waals surface area contributed by atoms with Crippen LogP contribution in [0.5, 0.6) is 0 Å². The maximum atomic E-state index is 12.8. The van der Waals surface area contributed by atoms with Gasteiger partial charge in [0.05, 0.1) is 39.9 Å². The highest BCUT2D eigenvalue weighted by Gasteiger charge is 2.27. The molecule has 3 atom stereocenters. The lowest BCUT2D eigenvalue weighted by Gasteiger charge is -2.25. The molecule has 0 aliphatic heterocycles. The Morgan fingerprint density at radius 3 is 1.40 bits per heavy atom. The van der Waals surface area contributed by atoms with E-state index in [2.05, 4.69) is 31.3 Å². The van der Waals surface area contributed by atoms with E-state index in [-0.39, 0.29) is 19.1 Å². The number of carbonyl (C=O) groups excluding carboxylic acids is 1. The van der Waals surface area contributed by atoms with Crippen LogP contribution in [-0.2, 0) is 18.4 Å². The molecule has 0 spiro atoms.